The SMILES string of the molecule is CCc1nc(SCC(=O)N2CCN(c3ccc(F)cc3)CC2)n[nH]1. The highest BCUT2D eigenvalue weighted by molar-refractivity contribution is 7.99. The van der Waals surface area contributed by atoms with Crippen LogP contribution < -0.4 is 4.90 Å². The summed E-state index contributed by atoms with van der Waals surface area (Å²) in [5.74, 6) is 1.04. The molecule has 8 heteroatoms. The maximum Gasteiger partial charge on any atom is 0.233 e. The minimum atomic E-state index is -0.234. The van der Waals surface area contributed by atoms with Gasteiger partial charge in [-0.2, -0.15) is 0 Å². The molecule has 1 amide bonds. The molecule has 2 heterocycles. The maximum atomic E-state index is 13.0. The van der Waals surface area contributed by atoms with E-state index < -0.39 is 0 Å². The number of H-pyrrole nitrogens is 1. The minimum Gasteiger partial charge on any atom is -0.368 e. The van der Waals surface area contributed by atoms with Gasteiger partial charge in [0, 0.05) is 38.3 Å². The molecule has 0 saturated carbocycles. The van der Waals surface area contributed by atoms with Crippen molar-refractivity contribution in [3.63, 3.8) is 0 Å². The third-order valence-electron chi connectivity index (χ3n) is 3.99. The predicted molar refractivity (Wildman–Crippen MR) is 91.7 cm³/mol. The van der Waals surface area contributed by atoms with Crippen molar-refractivity contribution in [2.75, 3.05) is 36.8 Å². The third kappa shape index (κ3) is 4.05. The second-order valence-corrected chi connectivity index (χ2v) is 6.49. The van der Waals surface area contributed by atoms with Gasteiger partial charge >= 0.3 is 0 Å². The molecule has 0 bridgehead atoms. The van der Waals surface area contributed by atoms with Gasteiger partial charge in [-0.15, -0.1) is 5.10 Å². The van der Waals surface area contributed by atoms with Crippen molar-refractivity contribution in [1.82, 2.24) is 20.1 Å². The van der Waals surface area contributed by atoms with Gasteiger partial charge in [-0.1, -0.05) is 18.7 Å². The standard InChI is InChI=1S/C16H20FN5OS/c1-2-14-18-16(20-19-14)24-11-15(23)22-9-7-21(8-10-22)13-5-3-12(17)4-6-13/h3-6H,2,7-11H2,1H3,(H,18,19,20). The van der Waals surface area contributed by atoms with Crippen molar-refractivity contribution in [3.8, 4) is 0 Å². The number of thioether (sulfide) groups is 1. The summed E-state index contributed by atoms with van der Waals surface area (Å²) in [6, 6.07) is 6.48. The van der Waals surface area contributed by atoms with E-state index in [0.717, 1.165) is 31.0 Å². The smallest absolute Gasteiger partial charge is 0.233 e. The number of anilines is 1. The van der Waals surface area contributed by atoms with Crippen molar-refractivity contribution in [3.05, 3.63) is 35.9 Å². The first-order chi connectivity index (χ1) is 11.7. The highest BCUT2D eigenvalue weighted by atomic mass is 32.2. The molecule has 1 aromatic heterocycles. The first-order valence-corrected chi connectivity index (χ1v) is 8.96. The fourth-order valence-electron chi connectivity index (χ4n) is 2.58. The Morgan fingerprint density at radius 2 is 1.96 bits per heavy atom. The zero-order valence-corrected chi connectivity index (χ0v) is 14.4. The third-order valence-corrected chi connectivity index (χ3v) is 4.83. The quantitative estimate of drug-likeness (QED) is 0.836. The van der Waals surface area contributed by atoms with E-state index >= 15 is 0 Å². The van der Waals surface area contributed by atoms with E-state index in [0.29, 0.717) is 24.0 Å². The number of halogens is 1. The molecule has 0 spiro atoms. The Morgan fingerprint density at radius 1 is 1.25 bits per heavy atom. The lowest BCUT2D eigenvalue weighted by molar-refractivity contribution is -0.128. The molecule has 1 aliphatic heterocycles. The number of aryl methyl sites for hydroxylation is 1. The Hall–Kier alpha value is -2.09. The van der Waals surface area contributed by atoms with Gasteiger partial charge in [0.15, 0.2) is 0 Å². The predicted octanol–water partition coefficient (Wildman–Crippen LogP) is 1.95. The Kier molecular flexibility index (Phi) is 5.34. The molecule has 1 aromatic carbocycles. The lowest BCUT2D eigenvalue weighted by atomic mass is 10.2. The van der Waals surface area contributed by atoms with E-state index in [9.17, 15) is 9.18 Å². The summed E-state index contributed by atoms with van der Waals surface area (Å²) in [5, 5.41) is 7.54. The van der Waals surface area contributed by atoms with Gasteiger partial charge in [-0.3, -0.25) is 9.89 Å². The van der Waals surface area contributed by atoms with Crippen molar-refractivity contribution >= 4 is 23.4 Å². The summed E-state index contributed by atoms with van der Waals surface area (Å²) in [7, 11) is 0. The summed E-state index contributed by atoms with van der Waals surface area (Å²) >= 11 is 1.36. The van der Waals surface area contributed by atoms with Crippen LogP contribution in [0.25, 0.3) is 0 Å². The molecule has 6 nitrogen and oxygen atoms in total. The van der Waals surface area contributed by atoms with Crippen LogP contribution in [0.5, 0.6) is 0 Å². The number of hydrogen-bond donors (Lipinski definition) is 1. The van der Waals surface area contributed by atoms with E-state index in [4.69, 9.17) is 0 Å². The van der Waals surface area contributed by atoms with Crippen molar-refractivity contribution in [2.45, 2.75) is 18.5 Å². The molecule has 0 atom stereocenters. The zero-order chi connectivity index (χ0) is 16.9. The number of benzene rings is 1. The van der Waals surface area contributed by atoms with Crippen LogP contribution in [0.15, 0.2) is 29.4 Å². The number of carbonyl (C=O) groups is 1. The van der Waals surface area contributed by atoms with Crippen LogP contribution in [0.2, 0.25) is 0 Å². The number of hydrogen-bond acceptors (Lipinski definition) is 5. The molecule has 2 aromatic rings. The second kappa shape index (κ2) is 7.65. The maximum absolute atomic E-state index is 13.0. The van der Waals surface area contributed by atoms with Crippen LogP contribution in [0.3, 0.4) is 0 Å². The molecule has 0 unspecified atom stereocenters. The van der Waals surface area contributed by atoms with Crippen LogP contribution >= 0.6 is 11.8 Å². The Balaban J connectivity index is 1.47. The van der Waals surface area contributed by atoms with Crippen molar-refractivity contribution in [1.29, 1.82) is 0 Å². The van der Waals surface area contributed by atoms with E-state index in [1.165, 1.54) is 23.9 Å². The molecule has 3 rings (SSSR count). The highest BCUT2D eigenvalue weighted by Gasteiger charge is 2.21. The fourth-order valence-corrected chi connectivity index (χ4v) is 3.30. The van der Waals surface area contributed by atoms with Gasteiger partial charge in [-0.25, -0.2) is 9.37 Å². The zero-order valence-electron chi connectivity index (χ0n) is 13.5. The second-order valence-electron chi connectivity index (χ2n) is 5.55. The van der Waals surface area contributed by atoms with Crippen LogP contribution in [0, 0.1) is 5.82 Å². The number of aromatic nitrogens is 3. The molecular formula is C16H20FN5OS. The molecule has 1 saturated heterocycles. The Morgan fingerprint density at radius 3 is 2.58 bits per heavy atom. The number of aromatic amines is 1. The van der Waals surface area contributed by atoms with E-state index in [1.54, 1.807) is 12.1 Å². The molecule has 1 fully saturated rings. The molecule has 1 N–H and O–H groups in total. The van der Waals surface area contributed by atoms with E-state index in [1.807, 2.05) is 11.8 Å². The molecule has 0 aliphatic carbocycles. The number of carbonyl (C=O) groups excluding carboxylic acids is 1. The summed E-state index contributed by atoms with van der Waals surface area (Å²) in [5.41, 5.74) is 0.991. The molecule has 0 radical (unpaired) electrons. The number of nitrogens with one attached hydrogen (secondary N) is 1. The first kappa shape index (κ1) is 16.8. The van der Waals surface area contributed by atoms with Crippen molar-refractivity contribution in [2.24, 2.45) is 0 Å². The highest BCUT2D eigenvalue weighted by Crippen LogP contribution is 2.18. The van der Waals surface area contributed by atoms with E-state index in [-0.39, 0.29) is 11.7 Å². The summed E-state index contributed by atoms with van der Waals surface area (Å²) in [6.07, 6.45) is 0.798. The van der Waals surface area contributed by atoms with Crippen LogP contribution in [0.1, 0.15) is 12.7 Å². The van der Waals surface area contributed by atoms with Gasteiger partial charge in [0.2, 0.25) is 11.1 Å². The fraction of sp³-hybridized carbons (Fsp3) is 0.438. The van der Waals surface area contributed by atoms with Gasteiger partial charge in [0.25, 0.3) is 0 Å². The van der Waals surface area contributed by atoms with Gasteiger partial charge < -0.3 is 9.80 Å². The van der Waals surface area contributed by atoms with Gasteiger partial charge in [-0.05, 0) is 24.3 Å². The van der Waals surface area contributed by atoms with Crippen LogP contribution in [-0.2, 0) is 11.2 Å². The average molecular weight is 349 g/mol. The van der Waals surface area contributed by atoms with Gasteiger partial charge in [0.05, 0.1) is 5.75 Å². The Labute approximate surface area is 144 Å². The average Bonchev–Trinajstić information content (AvgIpc) is 3.09. The molecule has 128 valence electrons. The molecular weight excluding hydrogens is 329 g/mol. The number of amides is 1. The van der Waals surface area contributed by atoms with Crippen LogP contribution in [-0.4, -0.2) is 57.9 Å². The molecule has 24 heavy (non-hydrogen) atoms. The van der Waals surface area contributed by atoms with E-state index in [2.05, 4.69) is 20.1 Å². The van der Waals surface area contributed by atoms with Crippen molar-refractivity contribution < 1.29 is 9.18 Å². The number of nitrogens with zero attached hydrogens (tertiary/aromatic N) is 4. The number of rotatable bonds is 5. The summed E-state index contributed by atoms with van der Waals surface area (Å²) < 4.78 is 13.0. The Bertz CT molecular complexity index is 682. The number of piperazine rings is 1. The topological polar surface area (TPSA) is 65.1 Å². The minimum absolute atomic E-state index is 0.0987. The summed E-state index contributed by atoms with van der Waals surface area (Å²) in [6.45, 7) is 4.85. The first-order valence-electron chi connectivity index (χ1n) is 7.98. The van der Waals surface area contributed by atoms with Gasteiger partial charge in [0.1, 0.15) is 11.6 Å². The summed E-state index contributed by atoms with van der Waals surface area (Å²) in [4.78, 5) is 20.6. The van der Waals surface area contributed by atoms with Crippen LogP contribution in [0.4, 0.5) is 10.1 Å². The lowest BCUT2D eigenvalue weighted by Gasteiger charge is -2.36. The largest absolute Gasteiger partial charge is 0.368 e. The monoisotopic (exact) mass is 349 g/mol. The lowest BCUT2D eigenvalue weighted by Crippen LogP contribution is -2.49. The molecule has 1 aliphatic rings. The normalized spacial score (nSPS) is 14.9.